The molecule has 24 nitrogen and oxygen atoms in total. The Morgan fingerprint density at radius 3 is 1.96 bits per heavy atom. The van der Waals surface area contributed by atoms with E-state index in [0.29, 0.717) is 16.8 Å². The third-order valence-corrected chi connectivity index (χ3v) is 14.8. The molecular weight excluding hydrogens is 1030 g/mol. The van der Waals surface area contributed by atoms with Crippen molar-refractivity contribution in [3.05, 3.63) is 126 Å². The third-order valence-electron chi connectivity index (χ3n) is 12.4. The molecule has 1 saturated heterocycles. The van der Waals surface area contributed by atoms with Gasteiger partial charge in [0.25, 0.3) is 0 Å². The Kier molecular flexibility index (Phi) is 21.8. The fourth-order valence-electron chi connectivity index (χ4n) is 8.27. The number of para-hydroxylation sites is 1. The van der Waals surface area contributed by atoms with Crippen molar-refractivity contribution in [2.45, 2.75) is 99.9 Å². The topological polar surface area (TPSA) is 402 Å². The number of carbonyl (C=O) groups excluding carboxylic acids is 8. The highest BCUT2D eigenvalue weighted by atomic mass is 33.1. The second-order valence-corrected chi connectivity index (χ2v) is 20.9. The van der Waals surface area contributed by atoms with Gasteiger partial charge in [-0.05, 0) is 48.9 Å². The number of aromatic amines is 2. The Hall–Kier alpha value is -7.94. The van der Waals surface area contributed by atoms with Gasteiger partial charge in [-0.15, -0.1) is 0 Å². The van der Waals surface area contributed by atoms with Crippen LogP contribution >= 0.6 is 21.6 Å². The summed E-state index contributed by atoms with van der Waals surface area (Å²) in [5.74, 6) is -7.48. The summed E-state index contributed by atoms with van der Waals surface area (Å²) in [6.45, 7) is 1.29. The molecule has 0 radical (unpaired) electrons. The molecule has 0 spiro atoms. The quantitative estimate of drug-likeness (QED) is 0.0199. The van der Waals surface area contributed by atoms with Crippen molar-refractivity contribution in [1.82, 2.24) is 52.2 Å². The minimum atomic E-state index is -1.58. The van der Waals surface area contributed by atoms with Crippen molar-refractivity contribution in [2.24, 2.45) is 27.9 Å². The summed E-state index contributed by atoms with van der Waals surface area (Å²) in [6, 6.07) is 13.8. The Labute approximate surface area is 451 Å². The number of aliphatic imine (C=N–C) groups is 1. The molecule has 6 rings (SSSR count). The monoisotopic (exact) mass is 1100 g/mol. The molecule has 0 saturated carbocycles. The lowest BCUT2D eigenvalue weighted by atomic mass is 10.0. The van der Waals surface area contributed by atoms with Crippen molar-refractivity contribution < 1.29 is 43.5 Å². The zero-order valence-electron chi connectivity index (χ0n) is 42.1. The highest BCUT2D eigenvalue weighted by molar-refractivity contribution is 8.76. The molecule has 3 heterocycles. The van der Waals surface area contributed by atoms with E-state index in [4.69, 9.17) is 22.9 Å². The largest absolute Gasteiger partial charge is 0.391 e. The summed E-state index contributed by atoms with van der Waals surface area (Å²) in [6.07, 6.45) is 2.87. The maximum absolute atomic E-state index is 14.7. The molecule has 8 amide bonds. The van der Waals surface area contributed by atoms with Crippen LogP contribution in [0, 0.1) is 0 Å². The molecule has 410 valence electrons. The SMILES string of the molecule is C[C@@H](O)[C@H](NC(=O)[C@H]1CSSC[C@H](NC(=O)[C@H](N)Cc2ccccc2)C(=O)N[C@@H](Cc2cnc[nH]2)C(=O)N[C@H](Cc2ccccc2)C(=O)N[C@@H](CCCN=C(N)N)C(=O)N[C@@H](Cc2c[nH]c3ccccc23)C(=O)N1)C(N)=O. The normalized spacial score (nSPS) is 21.4. The number of rotatable bonds is 18. The number of guanidine groups is 1. The Morgan fingerprint density at radius 2 is 1.31 bits per heavy atom. The van der Waals surface area contributed by atoms with Gasteiger partial charge in [0.2, 0.25) is 47.3 Å². The first-order valence-corrected chi connectivity index (χ1v) is 27.2. The van der Waals surface area contributed by atoms with E-state index >= 15 is 0 Å². The summed E-state index contributed by atoms with van der Waals surface area (Å²) in [7, 11) is 2.01. The van der Waals surface area contributed by atoms with Gasteiger partial charge >= 0.3 is 0 Å². The van der Waals surface area contributed by atoms with Crippen LogP contribution in [0.4, 0.5) is 0 Å². The lowest BCUT2D eigenvalue weighted by Crippen LogP contribution is -2.61. The van der Waals surface area contributed by atoms with Gasteiger partial charge in [-0.2, -0.15) is 0 Å². The van der Waals surface area contributed by atoms with Crippen LogP contribution in [0.2, 0.25) is 0 Å². The van der Waals surface area contributed by atoms with Crippen LogP contribution in [-0.4, -0.2) is 146 Å². The predicted octanol–water partition coefficient (Wildman–Crippen LogP) is -1.80. The van der Waals surface area contributed by atoms with Crippen LogP contribution in [0.15, 0.2) is 109 Å². The Balaban J connectivity index is 1.42. The number of primary amides is 1. The van der Waals surface area contributed by atoms with Crippen molar-refractivity contribution in [2.75, 3.05) is 18.1 Å². The van der Waals surface area contributed by atoms with Crippen molar-refractivity contribution in [1.29, 1.82) is 0 Å². The first-order chi connectivity index (χ1) is 36.9. The first kappa shape index (κ1) is 58.3. The van der Waals surface area contributed by atoms with Crippen LogP contribution in [0.5, 0.6) is 0 Å². The molecule has 2 aromatic heterocycles. The summed E-state index contributed by atoms with van der Waals surface area (Å²) in [4.78, 5) is 128. The Bertz CT molecular complexity index is 2830. The first-order valence-electron chi connectivity index (χ1n) is 24.7. The zero-order valence-corrected chi connectivity index (χ0v) is 43.7. The van der Waals surface area contributed by atoms with E-state index in [2.05, 4.69) is 57.2 Å². The van der Waals surface area contributed by atoms with Gasteiger partial charge in [-0.3, -0.25) is 43.3 Å². The number of imidazole rings is 1. The number of fused-ring (bicyclic) bond motifs is 1. The molecule has 1 aliphatic rings. The van der Waals surface area contributed by atoms with E-state index in [1.165, 1.54) is 19.4 Å². The maximum Gasteiger partial charge on any atom is 0.244 e. The molecule has 1 aliphatic heterocycles. The minimum absolute atomic E-state index is 0.0477. The molecule has 3 aromatic carbocycles. The van der Waals surface area contributed by atoms with Gasteiger partial charge in [0, 0.05) is 66.3 Å². The van der Waals surface area contributed by atoms with E-state index in [1.54, 1.807) is 66.9 Å². The number of hydrogen-bond acceptors (Lipinski definition) is 14. The number of aliphatic hydroxyl groups is 1. The number of nitrogens with zero attached hydrogens (tertiary/aromatic N) is 2. The fourth-order valence-corrected chi connectivity index (χ4v) is 10.6. The lowest BCUT2D eigenvalue weighted by Gasteiger charge is -2.28. The maximum atomic E-state index is 14.7. The smallest absolute Gasteiger partial charge is 0.244 e. The standard InChI is InChI=1S/C51H65N15O9S2/c1-28(67)42(43(53)68)66-50(75)41-26-77-76-25-40(64-44(69)34(52)19-29-11-4-2-5-12-29)49(74)63-39(22-32-24-56-27-59-32)48(73)61-37(20-30-13-6-3-7-14-30)46(71)60-36(17-10-18-57-51(54)55)45(70)62-38(47(72)65-41)21-31-23-58-35-16-9-8-15-33(31)35/h2-9,11-16,23-24,27-28,34,36-42,58,67H,10,17-22,25-26,52H2,1H3,(H2,53,68)(H,56,59)(H,60,71)(H,61,73)(H,62,70)(H,63,74)(H,64,69)(H,65,72)(H,66,75)(H4,54,55,57)/t28-,34-,36+,37-,38+,39+,40+,41-,42+/m1/s1. The van der Waals surface area contributed by atoms with Crippen LogP contribution in [0.3, 0.4) is 0 Å². The molecule has 0 bridgehead atoms. The van der Waals surface area contributed by atoms with Crippen LogP contribution in [0.1, 0.15) is 42.1 Å². The van der Waals surface area contributed by atoms with Gasteiger partial charge in [0.15, 0.2) is 5.96 Å². The van der Waals surface area contributed by atoms with Crippen LogP contribution in [0.25, 0.3) is 10.9 Å². The molecule has 18 N–H and O–H groups in total. The van der Waals surface area contributed by atoms with Crippen LogP contribution < -0.4 is 60.2 Å². The molecule has 26 heteroatoms. The second kappa shape index (κ2) is 28.8. The summed E-state index contributed by atoms with van der Waals surface area (Å²) in [5.41, 5.74) is 26.3. The van der Waals surface area contributed by atoms with E-state index in [0.717, 1.165) is 38.1 Å². The lowest BCUT2D eigenvalue weighted by molar-refractivity contribution is -0.135. The molecule has 1 fully saturated rings. The average Bonchev–Trinajstić information content (AvgIpc) is 4.08. The zero-order chi connectivity index (χ0) is 55.4. The number of H-pyrrole nitrogens is 2. The highest BCUT2D eigenvalue weighted by Gasteiger charge is 2.36. The number of aromatic nitrogens is 3. The molecule has 5 aromatic rings. The van der Waals surface area contributed by atoms with Gasteiger partial charge in [-0.25, -0.2) is 4.98 Å². The molecular formula is C51H65N15O9S2. The molecule has 9 atom stereocenters. The van der Waals surface area contributed by atoms with Gasteiger partial charge < -0.3 is 75.2 Å². The number of amides is 8. The number of hydrogen-bond donors (Lipinski definition) is 14. The van der Waals surface area contributed by atoms with E-state index in [9.17, 15) is 43.5 Å². The minimum Gasteiger partial charge on any atom is -0.391 e. The number of nitrogens with two attached hydrogens (primary N) is 4. The van der Waals surface area contributed by atoms with Crippen LogP contribution in [-0.2, 0) is 64.0 Å². The van der Waals surface area contributed by atoms with Gasteiger partial charge in [0.05, 0.1) is 18.5 Å². The highest BCUT2D eigenvalue weighted by Crippen LogP contribution is 2.25. The summed E-state index contributed by atoms with van der Waals surface area (Å²) in [5, 5.41) is 30.0. The van der Waals surface area contributed by atoms with E-state index in [1.807, 2.05) is 24.3 Å². The summed E-state index contributed by atoms with van der Waals surface area (Å²) < 4.78 is 0. The predicted molar refractivity (Wildman–Crippen MR) is 292 cm³/mol. The number of nitrogens with one attached hydrogen (secondary N) is 9. The molecule has 77 heavy (non-hydrogen) atoms. The van der Waals surface area contributed by atoms with E-state index in [-0.39, 0.29) is 62.5 Å². The molecule has 0 aliphatic carbocycles. The van der Waals surface area contributed by atoms with Crippen molar-refractivity contribution in [3.63, 3.8) is 0 Å². The second-order valence-electron chi connectivity index (χ2n) is 18.3. The number of carbonyl (C=O) groups is 8. The fraction of sp³-hybridized carbons (Fsp3) is 0.373. The van der Waals surface area contributed by atoms with Crippen molar-refractivity contribution >= 4 is 85.7 Å². The average molecular weight is 1100 g/mol. The van der Waals surface area contributed by atoms with Gasteiger partial charge in [-0.1, -0.05) is 100 Å². The summed E-state index contributed by atoms with van der Waals surface area (Å²) >= 11 is 0. The Morgan fingerprint density at radius 1 is 0.727 bits per heavy atom. The van der Waals surface area contributed by atoms with E-state index < -0.39 is 102 Å². The number of aliphatic hydroxyl groups excluding tert-OH is 1. The molecule has 0 unspecified atom stereocenters. The van der Waals surface area contributed by atoms with Crippen molar-refractivity contribution in [3.8, 4) is 0 Å². The third kappa shape index (κ3) is 17.8. The van der Waals surface area contributed by atoms with Gasteiger partial charge in [0.1, 0.15) is 42.3 Å². The number of benzene rings is 3.